The summed E-state index contributed by atoms with van der Waals surface area (Å²) >= 11 is 5.87. The van der Waals surface area contributed by atoms with Gasteiger partial charge in [0.25, 0.3) is 0 Å². The average molecular weight is 421 g/mol. The second-order valence-corrected chi connectivity index (χ2v) is 6.01. The van der Waals surface area contributed by atoms with Crippen molar-refractivity contribution in [2.24, 2.45) is 12.9 Å². The highest BCUT2D eigenvalue weighted by Crippen LogP contribution is 2.31. The second-order valence-electron chi connectivity index (χ2n) is 4.08. The number of aryl methyl sites for hydroxylation is 2. The van der Waals surface area contributed by atoms with Gasteiger partial charge >= 0.3 is 0 Å². The SMILES string of the molecule is Cc1cccc(C(NN)c2c(Br)cnn2C)c1I. The van der Waals surface area contributed by atoms with Gasteiger partial charge in [0.2, 0.25) is 0 Å². The summed E-state index contributed by atoms with van der Waals surface area (Å²) in [6.45, 7) is 2.09. The number of aromatic nitrogens is 2. The van der Waals surface area contributed by atoms with Crippen molar-refractivity contribution in [3.8, 4) is 0 Å². The summed E-state index contributed by atoms with van der Waals surface area (Å²) in [5.74, 6) is 5.74. The van der Waals surface area contributed by atoms with E-state index in [1.165, 1.54) is 9.13 Å². The van der Waals surface area contributed by atoms with Crippen LogP contribution in [0.3, 0.4) is 0 Å². The first-order valence-corrected chi connectivity index (χ1v) is 7.32. The molecule has 3 N–H and O–H groups in total. The van der Waals surface area contributed by atoms with Gasteiger partial charge in [0, 0.05) is 10.6 Å². The fourth-order valence-electron chi connectivity index (χ4n) is 1.95. The molecule has 0 spiro atoms. The number of hydrazine groups is 1. The molecule has 1 aromatic heterocycles. The third-order valence-electron chi connectivity index (χ3n) is 2.91. The lowest BCUT2D eigenvalue weighted by molar-refractivity contribution is 0.571. The first-order valence-electron chi connectivity index (χ1n) is 5.44. The Morgan fingerprint density at radius 3 is 2.78 bits per heavy atom. The number of rotatable bonds is 3. The molecule has 0 radical (unpaired) electrons. The minimum absolute atomic E-state index is 0.0846. The summed E-state index contributed by atoms with van der Waals surface area (Å²) in [4.78, 5) is 0. The van der Waals surface area contributed by atoms with Crippen LogP contribution in [-0.2, 0) is 7.05 Å². The van der Waals surface area contributed by atoms with Crippen LogP contribution in [0.2, 0.25) is 0 Å². The van der Waals surface area contributed by atoms with Crippen molar-refractivity contribution in [1.82, 2.24) is 15.2 Å². The van der Waals surface area contributed by atoms with Crippen LogP contribution in [-0.4, -0.2) is 9.78 Å². The Labute approximate surface area is 128 Å². The van der Waals surface area contributed by atoms with Gasteiger partial charge in [0.15, 0.2) is 0 Å². The molecule has 4 nitrogen and oxygen atoms in total. The maximum atomic E-state index is 5.74. The topological polar surface area (TPSA) is 55.9 Å². The van der Waals surface area contributed by atoms with Crippen molar-refractivity contribution in [2.45, 2.75) is 13.0 Å². The molecule has 2 aromatic rings. The molecule has 2 rings (SSSR count). The lowest BCUT2D eigenvalue weighted by Gasteiger charge is -2.19. The molecule has 1 atom stereocenters. The molecular weight excluding hydrogens is 407 g/mol. The van der Waals surface area contributed by atoms with E-state index in [1.54, 1.807) is 6.20 Å². The number of benzene rings is 1. The maximum absolute atomic E-state index is 5.74. The van der Waals surface area contributed by atoms with Gasteiger partial charge in [0.1, 0.15) is 0 Å². The fraction of sp³-hybridized carbons (Fsp3) is 0.250. The summed E-state index contributed by atoms with van der Waals surface area (Å²) in [6, 6.07) is 6.14. The van der Waals surface area contributed by atoms with Gasteiger partial charge in [-0.15, -0.1) is 0 Å². The van der Waals surface area contributed by atoms with Gasteiger partial charge in [-0.2, -0.15) is 5.10 Å². The van der Waals surface area contributed by atoms with E-state index < -0.39 is 0 Å². The molecule has 1 heterocycles. The number of nitrogens with one attached hydrogen (secondary N) is 1. The highest BCUT2D eigenvalue weighted by molar-refractivity contribution is 14.1. The molecule has 1 unspecified atom stereocenters. The first-order chi connectivity index (χ1) is 8.56. The van der Waals surface area contributed by atoms with Gasteiger partial charge in [-0.05, 0) is 56.6 Å². The molecule has 0 amide bonds. The number of nitrogens with zero attached hydrogens (tertiary/aromatic N) is 2. The monoisotopic (exact) mass is 420 g/mol. The van der Waals surface area contributed by atoms with Crippen molar-refractivity contribution in [2.75, 3.05) is 0 Å². The predicted molar refractivity (Wildman–Crippen MR) is 84.0 cm³/mol. The van der Waals surface area contributed by atoms with Crippen molar-refractivity contribution in [3.05, 3.63) is 49.3 Å². The molecule has 0 aliphatic carbocycles. The van der Waals surface area contributed by atoms with Crippen LogP contribution in [0, 0.1) is 10.5 Å². The van der Waals surface area contributed by atoms with Gasteiger partial charge in [-0.3, -0.25) is 10.5 Å². The molecule has 96 valence electrons. The van der Waals surface area contributed by atoms with E-state index in [2.05, 4.69) is 68.1 Å². The highest BCUT2D eigenvalue weighted by Gasteiger charge is 2.21. The standard InChI is InChI=1S/C12H14BrIN4/c1-7-4-3-5-8(10(7)14)11(17-15)12-9(13)6-16-18(12)2/h3-6,11,17H,15H2,1-2H3. The lowest BCUT2D eigenvalue weighted by atomic mass is 10.0. The third-order valence-corrected chi connectivity index (χ3v) is 4.99. The Balaban J connectivity index is 2.56. The van der Waals surface area contributed by atoms with Crippen molar-refractivity contribution >= 4 is 38.5 Å². The van der Waals surface area contributed by atoms with E-state index in [4.69, 9.17) is 5.84 Å². The molecule has 0 saturated heterocycles. The number of hydrogen-bond donors (Lipinski definition) is 2. The third kappa shape index (κ3) is 2.47. The van der Waals surface area contributed by atoms with E-state index in [9.17, 15) is 0 Å². The number of halogens is 2. The Morgan fingerprint density at radius 1 is 1.50 bits per heavy atom. The van der Waals surface area contributed by atoms with Gasteiger partial charge in [0.05, 0.1) is 22.4 Å². The van der Waals surface area contributed by atoms with Gasteiger partial charge in [-0.1, -0.05) is 18.2 Å². The number of nitrogens with two attached hydrogens (primary N) is 1. The molecule has 0 aliphatic heterocycles. The van der Waals surface area contributed by atoms with Crippen LogP contribution in [0.5, 0.6) is 0 Å². The molecule has 0 aliphatic rings. The van der Waals surface area contributed by atoms with Crippen LogP contribution < -0.4 is 11.3 Å². The Morgan fingerprint density at radius 2 is 2.22 bits per heavy atom. The normalized spacial score (nSPS) is 12.7. The molecule has 6 heteroatoms. The molecular formula is C12H14BrIN4. The zero-order valence-electron chi connectivity index (χ0n) is 10.1. The second kappa shape index (κ2) is 5.68. The van der Waals surface area contributed by atoms with Crippen molar-refractivity contribution < 1.29 is 0 Å². The van der Waals surface area contributed by atoms with Crippen molar-refractivity contribution in [1.29, 1.82) is 0 Å². The smallest absolute Gasteiger partial charge is 0.0899 e. The van der Waals surface area contributed by atoms with Gasteiger partial charge in [-0.25, -0.2) is 5.43 Å². The zero-order chi connectivity index (χ0) is 13.3. The van der Waals surface area contributed by atoms with Crippen LogP contribution >= 0.6 is 38.5 Å². The van der Waals surface area contributed by atoms with Crippen LogP contribution in [0.4, 0.5) is 0 Å². The maximum Gasteiger partial charge on any atom is 0.0899 e. The van der Waals surface area contributed by atoms with Gasteiger partial charge < -0.3 is 0 Å². The first kappa shape index (κ1) is 14.0. The minimum atomic E-state index is -0.0846. The van der Waals surface area contributed by atoms with Crippen LogP contribution in [0.15, 0.2) is 28.9 Å². The molecule has 0 fully saturated rings. The molecule has 0 saturated carbocycles. The van der Waals surface area contributed by atoms with Crippen molar-refractivity contribution in [3.63, 3.8) is 0 Å². The molecule has 18 heavy (non-hydrogen) atoms. The lowest BCUT2D eigenvalue weighted by Crippen LogP contribution is -2.31. The van der Waals surface area contributed by atoms with E-state index in [-0.39, 0.29) is 6.04 Å². The summed E-state index contributed by atoms with van der Waals surface area (Å²) in [6.07, 6.45) is 1.78. The summed E-state index contributed by atoms with van der Waals surface area (Å²) in [7, 11) is 1.91. The predicted octanol–water partition coefficient (Wildman–Crippen LogP) is 2.65. The van der Waals surface area contributed by atoms with Crippen LogP contribution in [0.25, 0.3) is 0 Å². The summed E-state index contributed by atoms with van der Waals surface area (Å²) < 4.78 is 3.99. The van der Waals surface area contributed by atoms with E-state index >= 15 is 0 Å². The Hall–Kier alpha value is -0.440. The number of hydrogen-bond acceptors (Lipinski definition) is 3. The summed E-state index contributed by atoms with van der Waals surface area (Å²) in [5.41, 5.74) is 6.29. The van der Waals surface area contributed by atoms with E-state index in [0.29, 0.717) is 0 Å². The highest BCUT2D eigenvalue weighted by atomic mass is 127. The average Bonchev–Trinajstić information content (AvgIpc) is 2.67. The Bertz CT molecular complexity index is 548. The largest absolute Gasteiger partial charge is 0.271 e. The quantitative estimate of drug-likeness (QED) is 0.456. The zero-order valence-corrected chi connectivity index (χ0v) is 13.9. The minimum Gasteiger partial charge on any atom is -0.271 e. The molecule has 1 aromatic carbocycles. The van der Waals surface area contributed by atoms with E-state index in [0.717, 1.165) is 15.7 Å². The van der Waals surface area contributed by atoms with E-state index in [1.807, 2.05) is 17.8 Å². The Kier molecular flexibility index (Phi) is 4.41. The fourth-order valence-corrected chi connectivity index (χ4v) is 3.20. The molecule has 0 bridgehead atoms. The van der Waals surface area contributed by atoms with Crippen LogP contribution in [0.1, 0.15) is 22.9 Å². The summed E-state index contributed by atoms with van der Waals surface area (Å²) in [5, 5.41) is 4.23.